The Morgan fingerprint density at radius 1 is 1.24 bits per heavy atom. The number of methoxy groups -OCH3 is 1. The summed E-state index contributed by atoms with van der Waals surface area (Å²) in [6, 6.07) is 7.47. The van der Waals surface area contributed by atoms with E-state index >= 15 is 0 Å². The molecule has 0 spiro atoms. The first kappa shape index (κ1) is 15.2. The minimum absolute atomic E-state index is 0.282. The number of ether oxygens (including phenoxy) is 1. The van der Waals surface area contributed by atoms with Crippen LogP contribution in [0.4, 0.5) is 5.82 Å². The van der Waals surface area contributed by atoms with E-state index in [0.717, 1.165) is 16.5 Å². The molecular formula is C16H21N3O2. The van der Waals surface area contributed by atoms with Gasteiger partial charge in [0.05, 0.1) is 12.8 Å². The number of aryl methyl sites for hydroxylation is 1. The quantitative estimate of drug-likeness (QED) is 0.857. The van der Waals surface area contributed by atoms with E-state index in [9.17, 15) is 4.79 Å². The van der Waals surface area contributed by atoms with Crippen LogP contribution in [-0.4, -0.2) is 29.3 Å². The highest BCUT2D eigenvalue weighted by Crippen LogP contribution is 2.24. The fourth-order valence-corrected chi connectivity index (χ4v) is 2.34. The van der Waals surface area contributed by atoms with Gasteiger partial charge < -0.3 is 10.1 Å². The molecule has 21 heavy (non-hydrogen) atoms. The van der Waals surface area contributed by atoms with Crippen LogP contribution in [-0.2, 0) is 9.53 Å². The molecule has 1 atom stereocenters. The minimum atomic E-state index is -0.421. The van der Waals surface area contributed by atoms with Crippen molar-refractivity contribution in [1.82, 2.24) is 10.2 Å². The summed E-state index contributed by atoms with van der Waals surface area (Å²) in [5.74, 6) is 0.702. The van der Waals surface area contributed by atoms with E-state index in [1.54, 1.807) is 0 Å². The molecule has 1 aromatic carbocycles. The van der Waals surface area contributed by atoms with Gasteiger partial charge in [0.15, 0.2) is 5.82 Å². The maximum atomic E-state index is 11.9. The SMILES string of the molecule is COC(=O)C(CC(C)C)Nc1nnc(C)c2ccccc12. The number of fused-ring (bicyclic) bond motifs is 1. The minimum Gasteiger partial charge on any atom is -0.467 e. The molecule has 0 aliphatic carbocycles. The Kier molecular flexibility index (Phi) is 4.73. The summed E-state index contributed by atoms with van der Waals surface area (Å²) in [4.78, 5) is 11.9. The van der Waals surface area contributed by atoms with E-state index in [2.05, 4.69) is 29.4 Å². The third-order valence-electron chi connectivity index (χ3n) is 3.38. The normalized spacial score (nSPS) is 12.4. The second-order valence-electron chi connectivity index (χ2n) is 5.53. The van der Waals surface area contributed by atoms with Crippen molar-refractivity contribution in [2.75, 3.05) is 12.4 Å². The summed E-state index contributed by atoms with van der Waals surface area (Å²) in [5.41, 5.74) is 0.870. The van der Waals surface area contributed by atoms with Gasteiger partial charge in [0.1, 0.15) is 6.04 Å². The molecule has 1 aromatic heterocycles. The van der Waals surface area contributed by atoms with Crippen LogP contribution in [0.1, 0.15) is 26.0 Å². The van der Waals surface area contributed by atoms with E-state index < -0.39 is 6.04 Å². The number of hydrogen-bond acceptors (Lipinski definition) is 5. The molecule has 2 rings (SSSR count). The van der Waals surface area contributed by atoms with Crippen LogP contribution >= 0.6 is 0 Å². The molecule has 0 fully saturated rings. The van der Waals surface area contributed by atoms with Gasteiger partial charge in [-0.1, -0.05) is 38.1 Å². The Morgan fingerprint density at radius 2 is 1.90 bits per heavy atom. The maximum Gasteiger partial charge on any atom is 0.328 e. The molecule has 0 aliphatic rings. The number of nitrogens with one attached hydrogen (secondary N) is 1. The van der Waals surface area contributed by atoms with Crippen LogP contribution in [0.2, 0.25) is 0 Å². The van der Waals surface area contributed by atoms with Crippen molar-refractivity contribution in [3.8, 4) is 0 Å². The van der Waals surface area contributed by atoms with Crippen LogP contribution in [0, 0.1) is 12.8 Å². The van der Waals surface area contributed by atoms with Gasteiger partial charge in [0.25, 0.3) is 0 Å². The molecule has 5 heteroatoms. The molecule has 0 saturated heterocycles. The van der Waals surface area contributed by atoms with Gasteiger partial charge in [-0.15, -0.1) is 5.10 Å². The van der Waals surface area contributed by atoms with Gasteiger partial charge in [-0.25, -0.2) is 4.79 Å². The topological polar surface area (TPSA) is 64.1 Å². The Bertz CT molecular complexity index is 640. The van der Waals surface area contributed by atoms with Gasteiger partial charge in [0, 0.05) is 10.8 Å². The molecule has 2 aromatic rings. The Balaban J connectivity index is 2.37. The van der Waals surface area contributed by atoms with Crippen molar-refractivity contribution in [1.29, 1.82) is 0 Å². The first-order chi connectivity index (χ1) is 10.0. The van der Waals surface area contributed by atoms with E-state index in [1.807, 2.05) is 31.2 Å². The van der Waals surface area contributed by atoms with Gasteiger partial charge in [-0.05, 0) is 19.3 Å². The Labute approximate surface area is 124 Å². The second kappa shape index (κ2) is 6.52. The van der Waals surface area contributed by atoms with E-state index in [0.29, 0.717) is 18.2 Å². The summed E-state index contributed by atoms with van der Waals surface area (Å²) in [6.45, 7) is 6.05. The lowest BCUT2D eigenvalue weighted by molar-refractivity contribution is -0.141. The molecule has 0 radical (unpaired) electrons. The van der Waals surface area contributed by atoms with Gasteiger partial charge in [0.2, 0.25) is 0 Å². The lowest BCUT2D eigenvalue weighted by atomic mass is 10.0. The number of esters is 1. The fraction of sp³-hybridized carbons (Fsp3) is 0.438. The lowest BCUT2D eigenvalue weighted by Crippen LogP contribution is -2.32. The third-order valence-corrected chi connectivity index (χ3v) is 3.38. The number of anilines is 1. The number of nitrogens with zero attached hydrogens (tertiary/aromatic N) is 2. The van der Waals surface area contributed by atoms with Crippen molar-refractivity contribution >= 4 is 22.6 Å². The summed E-state index contributed by atoms with van der Waals surface area (Å²) in [5, 5.41) is 13.5. The predicted octanol–water partition coefficient (Wildman–Crippen LogP) is 2.94. The van der Waals surface area contributed by atoms with Crippen LogP contribution in [0.15, 0.2) is 24.3 Å². The molecule has 0 amide bonds. The highest BCUT2D eigenvalue weighted by atomic mass is 16.5. The number of hydrogen-bond donors (Lipinski definition) is 1. The molecule has 1 unspecified atom stereocenters. The van der Waals surface area contributed by atoms with E-state index in [-0.39, 0.29) is 5.97 Å². The summed E-state index contributed by atoms with van der Waals surface area (Å²) >= 11 is 0. The first-order valence-electron chi connectivity index (χ1n) is 7.09. The Hall–Kier alpha value is -2.17. The van der Waals surface area contributed by atoms with E-state index in [4.69, 9.17) is 4.74 Å². The van der Waals surface area contributed by atoms with Crippen molar-refractivity contribution < 1.29 is 9.53 Å². The van der Waals surface area contributed by atoms with Crippen LogP contribution in [0.3, 0.4) is 0 Å². The molecule has 0 bridgehead atoms. The third kappa shape index (κ3) is 3.48. The molecule has 0 aliphatic heterocycles. The molecule has 1 heterocycles. The Morgan fingerprint density at radius 3 is 2.52 bits per heavy atom. The molecule has 112 valence electrons. The maximum absolute atomic E-state index is 11.9. The molecule has 5 nitrogen and oxygen atoms in total. The van der Waals surface area contributed by atoms with Crippen molar-refractivity contribution in [2.24, 2.45) is 5.92 Å². The summed E-state index contributed by atoms with van der Waals surface area (Å²) < 4.78 is 4.87. The number of benzene rings is 1. The van der Waals surface area contributed by atoms with Crippen LogP contribution in [0.25, 0.3) is 10.8 Å². The number of aromatic nitrogens is 2. The zero-order chi connectivity index (χ0) is 15.4. The van der Waals surface area contributed by atoms with Gasteiger partial charge >= 0.3 is 5.97 Å². The molecule has 1 N–H and O–H groups in total. The number of carbonyl (C=O) groups is 1. The highest BCUT2D eigenvalue weighted by molar-refractivity contribution is 5.94. The largest absolute Gasteiger partial charge is 0.467 e. The van der Waals surface area contributed by atoms with Gasteiger partial charge in [-0.3, -0.25) is 0 Å². The van der Waals surface area contributed by atoms with Gasteiger partial charge in [-0.2, -0.15) is 5.10 Å². The summed E-state index contributed by atoms with van der Waals surface area (Å²) in [6.07, 6.45) is 0.677. The second-order valence-corrected chi connectivity index (χ2v) is 5.53. The number of carbonyl (C=O) groups excluding carboxylic acids is 1. The highest BCUT2D eigenvalue weighted by Gasteiger charge is 2.22. The first-order valence-corrected chi connectivity index (χ1v) is 7.09. The van der Waals surface area contributed by atoms with Crippen molar-refractivity contribution in [2.45, 2.75) is 33.2 Å². The summed E-state index contributed by atoms with van der Waals surface area (Å²) in [7, 11) is 1.40. The lowest BCUT2D eigenvalue weighted by Gasteiger charge is -2.19. The van der Waals surface area contributed by atoms with Crippen molar-refractivity contribution in [3.63, 3.8) is 0 Å². The zero-order valence-electron chi connectivity index (χ0n) is 12.9. The average Bonchev–Trinajstić information content (AvgIpc) is 2.48. The predicted molar refractivity (Wildman–Crippen MR) is 83.2 cm³/mol. The molecular weight excluding hydrogens is 266 g/mol. The monoisotopic (exact) mass is 287 g/mol. The van der Waals surface area contributed by atoms with E-state index in [1.165, 1.54) is 7.11 Å². The average molecular weight is 287 g/mol. The number of rotatable bonds is 5. The van der Waals surface area contributed by atoms with Crippen LogP contribution in [0.5, 0.6) is 0 Å². The fourth-order valence-electron chi connectivity index (χ4n) is 2.34. The van der Waals surface area contributed by atoms with Crippen LogP contribution < -0.4 is 5.32 Å². The molecule has 0 saturated carbocycles. The zero-order valence-corrected chi connectivity index (χ0v) is 12.9. The standard InChI is InChI=1S/C16H21N3O2/c1-10(2)9-14(16(20)21-4)17-15-13-8-6-5-7-12(13)11(3)18-19-15/h5-8,10,14H,9H2,1-4H3,(H,17,19). The van der Waals surface area contributed by atoms with Crippen molar-refractivity contribution in [3.05, 3.63) is 30.0 Å². The smallest absolute Gasteiger partial charge is 0.328 e.